The predicted octanol–water partition coefficient (Wildman–Crippen LogP) is 2.43. The molecule has 0 radical (unpaired) electrons. The highest BCUT2D eigenvalue weighted by Gasteiger charge is 2.17. The number of aryl methyl sites for hydroxylation is 1. The van der Waals surface area contributed by atoms with Gasteiger partial charge in [-0.1, -0.05) is 17.7 Å². The van der Waals surface area contributed by atoms with Crippen LogP contribution in [0, 0.1) is 12.8 Å². The van der Waals surface area contributed by atoms with E-state index in [1.54, 1.807) is 0 Å². The molecule has 1 aromatic carbocycles. The van der Waals surface area contributed by atoms with Gasteiger partial charge in [0.05, 0.1) is 13.2 Å². The first-order valence-corrected chi connectivity index (χ1v) is 6.23. The third kappa shape index (κ3) is 3.20. The number of hydrogen-bond acceptors (Lipinski definition) is 3. The molecular formula is C14H21NO2. The van der Waals surface area contributed by atoms with E-state index in [0.29, 0.717) is 5.92 Å². The summed E-state index contributed by atoms with van der Waals surface area (Å²) in [6.45, 7) is 6.46. The Kier molecular flexibility index (Phi) is 4.02. The number of nitrogens with two attached hydrogens (primary N) is 1. The van der Waals surface area contributed by atoms with Gasteiger partial charge in [0.25, 0.3) is 0 Å². The summed E-state index contributed by atoms with van der Waals surface area (Å²) in [7, 11) is 0. The summed E-state index contributed by atoms with van der Waals surface area (Å²) in [5, 5.41) is 0. The van der Waals surface area contributed by atoms with Crippen molar-refractivity contribution in [2.24, 2.45) is 11.7 Å². The quantitative estimate of drug-likeness (QED) is 0.871. The molecule has 94 valence electrons. The highest BCUT2D eigenvalue weighted by molar-refractivity contribution is 5.38. The zero-order valence-electron chi connectivity index (χ0n) is 10.6. The molecule has 1 heterocycles. The first kappa shape index (κ1) is 12.4. The molecule has 1 aliphatic rings. The van der Waals surface area contributed by atoms with Crippen molar-refractivity contribution in [1.82, 2.24) is 0 Å². The molecule has 1 fully saturated rings. The van der Waals surface area contributed by atoms with Crippen LogP contribution in [0.15, 0.2) is 18.2 Å². The molecule has 1 saturated heterocycles. The van der Waals surface area contributed by atoms with Crippen molar-refractivity contribution in [2.45, 2.75) is 26.3 Å². The monoisotopic (exact) mass is 235 g/mol. The van der Waals surface area contributed by atoms with Gasteiger partial charge in [0.2, 0.25) is 0 Å². The molecule has 0 aromatic heterocycles. The van der Waals surface area contributed by atoms with Gasteiger partial charge in [-0.2, -0.15) is 0 Å². The van der Waals surface area contributed by atoms with E-state index in [1.165, 1.54) is 5.56 Å². The Morgan fingerprint density at radius 3 is 3.00 bits per heavy atom. The van der Waals surface area contributed by atoms with Crippen molar-refractivity contribution < 1.29 is 9.47 Å². The largest absolute Gasteiger partial charge is 0.493 e. The number of benzene rings is 1. The van der Waals surface area contributed by atoms with Crippen LogP contribution in [0.5, 0.6) is 5.75 Å². The topological polar surface area (TPSA) is 44.5 Å². The maximum Gasteiger partial charge on any atom is 0.124 e. The molecule has 2 rings (SSSR count). The molecule has 0 bridgehead atoms. The van der Waals surface area contributed by atoms with Gasteiger partial charge in [-0.15, -0.1) is 0 Å². The zero-order chi connectivity index (χ0) is 12.3. The molecule has 1 aromatic rings. The van der Waals surface area contributed by atoms with E-state index in [-0.39, 0.29) is 6.04 Å². The molecular weight excluding hydrogens is 214 g/mol. The third-order valence-electron chi connectivity index (χ3n) is 3.15. The van der Waals surface area contributed by atoms with Crippen LogP contribution >= 0.6 is 0 Å². The molecule has 1 unspecified atom stereocenters. The summed E-state index contributed by atoms with van der Waals surface area (Å²) >= 11 is 0. The first-order chi connectivity index (χ1) is 8.16. The lowest BCUT2D eigenvalue weighted by Crippen LogP contribution is -2.14. The van der Waals surface area contributed by atoms with E-state index in [2.05, 4.69) is 19.1 Å². The fourth-order valence-electron chi connectivity index (χ4n) is 2.08. The van der Waals surface area contributed by atoms with Gasteiger partial charge in [-0.05, 0) is 26.3 Å². The van der Waals surface area contributed by atoms with Crippen molar-refractivity contribution in [3.05, 3.63) is 29.3 Å². The Bertz CT molecular complexity index is 370. The van der Waals surface area contributed by atoms with Gasteiger partial charge < -0.3 is 15.2 Å². The minimum absolute atomic E-state index is 0.00438. The average Bonchev–Trinajstić information content (AvgIpc) is 2.80. The van der Waals surface area contributed by atoms with E-state index >= 15 is 0 Å². The third-order valence-corrected chi connectivity index (χ3v) is 3.15. The average molecular weight is 235 g/mol. The molecule has 1 aliphatic heterocycles. The highest BCUT2D eigenvalue weighted by Crippen LogP contribution is 2.26. The van der Waals surface area contributed by atoms with Crippen LogP contribution in [0.3, 0.4) is 0 Å². The van der Waals surface area contributed by atoms with Gasteiger partial charge in [-0.25, -0.2) is 0 Å². The highest BCUT2D eigenvalue weighted by atomic mass is 16.5. The van der Waals surface area contributed by atoms with Crippen LogP contribution in [0.25, 0.3) is 0 Å². The van der Waals surface area contributed by atoms with Crippen molar-refractivity contribution >= 4 is 0 Å². The van der Waals surface area contributed by atoms with Crippen LogP contribution in [-0.2, 0) is 4.74 Å². The Morgan fingerprint density at radius 1 is 1.53 bits per heavy atom. The normalized spacial score (nSPS) is 21.5. The Hall–Kier alpha value is -1.06. The molecule has 0 saturated carbocycles. The van der Waals surface area contributed by atoms with E-state index in [9.17, 15) is 0 Å². The van der Waals surface area contributed by atoms with E-state index < -0.39 is 0 Å². The van der Waals surface area contributed by atoms with Gasteiger partial charge in [0.1, 0.15) is 5.75 Å². The summed E-state index contributed by atoms with van der Waals surface area (Å²) < 4.78 is 11.2. The molecule has 2 N–H and O–H groups in total. The van der Waals surface area contributed by atoms with E-state index in [1.807, 2.05) is 13.0 Å². The van der Waals surface area contributed by atoms with E-state index in [4.69, 9.17) is 15.2 Å². The van der Waals surface area contributed by atoms with Gasteiger partial charge >= 0.3 is 0 Å². The van der Waals surface area contributed by atoms with Crippen LogP contribution in [0.2, 0.25) is 0 Å². The fourth-order valence-corrected chi connectivity index (χ4v) is 2.08. The second kappa shape index (κ2) is 5.52. The Labute approximate surface area is 103 Å². The molecule has 3 nitrogen and oxygen atoms in total. The molecule has 2 atom stereocenters. The van der Waals surface area contributed by atoms with Gasteiger partial charge in [-0.3, -0.25) is 0 Å². The summed E-state index contributed by atoms with van der Waals surface area (Å²) in [5.74, 6) is 1.44. The molecule has 17 heavy (non-hydrogen) atoms. The SMILES string of the molecule is Cc1ccc(OCC2CCOC2)c([C@H](C)N)c1. The van der Waals surface area contributed by atoms with Gasteiger partial charge in [0, 0.05) is 24.1 Å². The minimum atomic E-state index is 0.00438. The standard InChI is InChI=1S/C14H21NO2/c1-10-3-4-14(13(7-10)11(2)15)17-9-12-5-6-16-8-12/h3-4,7,11-12H,5-6,8-9,15H2,1-2H3/t11-,12?/m0/s1. The van der Waals surface area contributed by atoms with Crippen LogP contribution < -0.4 is 10.5 Å². The molecule has 0 amide bonds. The molecule has 3 heteroatoms. The lowest BCUT2D eigenvalue weighted by Gasteiger charge is -2.16. The van der Waals surface area contributed by atoms with Crippen molar-refractivity contribution in [3.8, 4) is 5.75 Å². The number of rotatable bonds is 4. The maximum absolute atomic E-state index is 5.96. The second-order valence-electron chi connectivity index (χ2n) is 4.87. The lowest BCUT2D eigenvalue weighted by molar-refractivity contribution is 0.166. The summed E-state index contributed by atoms with van der Waals surface area (Å²) in [4.78, 5) is 0. The van der Waals surface area contributed by atoms with Crippen molar-refractivity contribution in [2.75, 3.05) is 19.8 Å². The summed E-state index contributed by atoms with van der Waals surface area (Å²) in [6, 6.07) is 6.19. The van der Waals surface area contributed by atoms with E-state index in [0.717, 1.165) is 37.6 Å². The van der Waals surface area contributed by atoms with Crippen molar-refractivity contribution in [3.63, 3.8) is 0 Å². The second-order valence-corrected chi connectivity index (χ2v) is 4.87. The van der Waals surface area contributed by atoms with Gasteiger partial charge in [0.15, 0.2) is 0 Å². The fraction of sp³-hybridized carbons (Fsp3) is 0.571. The summed E-state index contributed by atoms with van der Waals surface area (Å²) in [6.07, 6.45) is 1.10. The number of hydrogen-bond donors (Lipinski definition) is 1. The first-order valence-electron chi connectivity index (χ1n) is 6.23. The lowest BCUT2D eigenvalue weighted by atomic mass is 10.0. The minimum Gasteiger partial charge on any atom is -0.493 e. The van der Waals surface area contributed by atoms with Crippen molar-refractivity contribution in [1.29, 1.82) is 0 Å². The van der Waals surface area contributed by atoms with Crippen LogP contribution in [-0.4, -0.2) is 19.8 Å². The van der Waals surface area contributed by atoms with Crippen LogP contribution in [0.1, 0.15) is 30.5 Å². The Morgan fingerprint density at radius 2 is 2.35 bits per heavy atom. The molecule has 0 spiro atoms. The van der Waals surface area contributed by atoms with Crippen LogP contribution in [0.4, 0.5) is 0 Å². The maximum atomic E-state index is 5.96. The Balaban J connectivity index is 2.03. The zero-order valence-corrected chi connectivity index (χ0v) is 10.6. The smallest absolute Gasteiger partial charge is 0.124 e. The number of ether oxygens (including phenoxy) is 2. The molecule has 0 aliphatic carbocycles. The predicted molar refractivity (Wildman–Crippen MR) is 68.2 cm³/mol. The summed E-state index contributed by atoms with van der Waals surface area (Å²) in [5.41, 5.74) is 8.27.